The molecule has 0 aliphatic rings. The summed E-state index contributed by atoms with van der Waals surface area (Å²) in [6, 6.07) is 26.5. The van der Waals surface area contributed by atoms with Crippen LogP contribution in [-0.4, -0.2) is 18.4 Å². The highest BCUT2D eigenvalue weighted by molar-refractivity contribution is 7.89. The van der Waals surface area contributed by atoms with Crippen molar-refractivity contribution < 1.29 is 8.42 Å². The van der Waals surface area contributed by atoms with Gasteiger partial charge in [0, 0.05) is 18.3 Å². The molecule has 0 spiro atoms. The zero-order valence-electron chi connectivity index (χ0n) is 16.6. The van der Waals surface area contributed by atoms with Crippen molar-refractivity contribution in [3.05, 3.63) is 96.8 Å². The van der Waals surface area contributed by atoms with Gasteiger partial charge in [0.05, 0.1) is 4.90 Å². The topological polar surface area (TPSA) is 110 Å². The van der Waals surface area contributed by atoms with Gasteiger partial charge in [-0.3, -0.25) is 0 Å². The molecule has 0 saturated heterocycles. The quantitative estimate of drug-likeness (QED) is 0.406. The van der Waals surface area contributed by atoms with E-state index in [2.05, 4.69) is 44.9 Å². The Hall–Kier alpha value is -3.75. The largest absolute Gasteiger partial charge is 0.366 e. The lowest BCUT2D eigenvalue weighted by molar-refractivity contribution is 0.597. The van der Waals surface area contributed by atoms with Crippen molar-refractivity contribution in [3.8, 4) is 11.1 Å². The van der Waals surface area contributed by atoms with Gasteiger partial charge in [0.2, 0.25) is 10.0 Å². The van der Waals surface area contributed by atoms with Crippen LogP contribution in [0.15, 0.2) is 96.2 Å². The molecule has 0 saturated carbocycles. The van der Waals surface area contributed by atoms with E-state index in [1.54, 1.807) is 12.1 Å². The van der Waals surface area contributed by atoms with Gasteiger partial charge in [-0.2, -0.15) is 0 Å². The fraction of sp³-hybridized carbons (Fsp3) is 0.0435. The zero-order chi connectivity index (χ0) is 21.7. The number of nitrogens with zero attached hydrogens (tertiary/aromatic N) is 2. The highest BCUT2D eigenvalue weighted by Crippen LogP contribution is 2.24. The van der Waals surface area contributed by atoms with E-state index >= 15 is 0 Å². The van der Waals surface area contributed by atoms with Crippen LogP contribution in [0.2, 0.25) is 0 Å². The van der Waals surface area contributed by atoms with E-state index < -0.39 is 10.0 Å². The number of nitrogens with two attached hydrogens (primary N) is 1. The van der Waals surface area contributed by atoms with E-state index in [4.69, 9.17) is 5.14 Å². The predicted molar refractivity (Wildman–Crippen MR) is 122 cm³/mol. The van der Waals surface area contributed by atoms with E-state index in [0.717, 1.165) is 22.4 Å². The maximum atomic E-state index is 11.5. The fourth-order valence-corrected chi connectivity index (χ4v) is 3.69. The van der Waals surface area contributed by atoms with Crippen LogP contribution in [0, 0.1) is 0 Å². The van der Waals surface area contributed by atoms with E-state index in [1.165, 1.54) is 18.5 Å². The standard InChI is InChI=1S/C23H21N5O2S/c24-31(29,30)21-11-4-6-17(12-21)15-25-22-14-23(27-16-26-22)28-20-10-5-9-19(13-20)18-7-2-1-3-8-18/h1-14,16H,15H2,(H2,24,29,30)(H2,25,26,27,28). The molecular weight excluding hydrogens is 410 g/mol. The number of hydrogen-bond donors (Lipinski definition) is 3. The van der Waals surface area contributed by atoms with Crippen molar-refractivity contribution >= 4 is 27.3 Å². The van der Waals surface area contributed by atoms with E-state index in [9.17, 15) is 8.42 Å². The first kappa shape index (κ1) is 20.5. The molecule has 156 valence electrons. The molecule has 7 nitrogen and oxygen atoms in total. The minimum Gasteiger partial charge on any atom is -0.366 e. The Morgan fingerprint density at radius 1 is 0.774 bits per heavy atom. The predicted octanol–water partition coefficient (Wildman–Crippen LogP) is 4.15. The summed E-state index contributed by atoms with van der Waals surface area (Å²) in [5.41, 5.74) is 3.92. The van der Waals surface area contributed by atoms with E-state index in [1.807, 2.05) is 36.4 Å². The second kappa shape index (κ2) is 8.95. The summed E-state index contributed by atoms with van der Waals surface area (Å²) >= 11 is 0. The molecular formula is C23H21N5O2S. The summed E-state index contributed by atoms with van der Waals surface area (Å²) in [7, 11) is -3.74. The number of hydrogen-bond acceptors (Lipinski definition) is 6. The average Bonchev–Trinajstić information content (AvgIpc) is 2.78. The van der Waals surface area contributed by atoms with E-state index in [0.29, 0.717) is 18.2 Å². The molecule has 0 aliphatic carbocycles. The fourth-order valence-electron chi connectivity index (χ4n) is 3.10. The molecule has 3 aromatic carbocycles. The summed E-state index contributed by atoms with van der Waals surface area (Å²) in [5.74, 6) is 1.25. The third-order valence-electron chi connectivity index (χ3n) is 4.61. The highest BCUT2D eigenvalue weighted by Gasteiger charge is 2.08. The molecule has 8 heteroatoms. The molecule has 31 heavy (non-hydrogen) atoms. The van der Waals surface area contributed by atoms with Crippen LogP contribution in [0.5, 0.6) is 0 Å². The molecule has 0 amide bonds. The minimum absolute atomic E-state index is 0.0788. The van der Waals surface area contributed by atoms with Gasteiger partial charge in [0.15, 0.2) is 0 Å². The van der Waals surface area contributed by atoms with Crippen LogP contribution in [0.4, 0.5) is 17.3 Å². The maximum Gasteiger partial charge on any atom is 0.238 e. The lowest BCUT2D eigenvalue weighted by Gasteiger charge is -2.10. The van der Waals surface area contributed by atoms with Gasteiger partial charge >= 0.3 is 0 Å². The molecule has 4 N–H and O–H groups in total. The molecule has 0 atom stereocenters. The second-order valence-corrected chi connectivity index (χ2v) is 8.47. The normalized spacial score (nSPS) is 11.1. The van der Waals surface area contributed by atoms with Gasteiger partial charge in [-0.15, -0.1) is 0 Å². The van der Waals surface area contributed by atoms with Crippen LogP contribution in [0.1, 0.15) is 5.56 Å². The first-order valence-corrected chi connectivity index (χ1v) is 11.1. The Morgan fingerprint density at radius 3 is 2.32 bits per heavy atom. The molecule has 0 radical (unpaired) electrons. The molecule has 4 aromatic rings. The Morgan fingerprint density at radius 2 is 1.52 bits per heavy atom. The monoisotopic (exact) mass is 431 g/mol. The third kappa shape index (κ3) is 5.44. The van der Waals surface area contributed by atoms with Crippen molar-refractivity contribution in [3.63, 3.8) is 0 Å². The molecule has 1 heterocycles. The van der Waals surface area contributed by atoms with Gasteiger partial charge in [0.1, 0.15) is 18.0 Å². The third-order valence-corrected chi connectivity index (χ3v) is 5.52. The average molecular weight is 432 g/mol. The van der Waals surface area contributed by atoms with Crippen molar-refractivity contribution in [1.82, 2.24) is 9.97 Å². The Balaban J connectivity index is 1.46. The van der Waals surface area contributed by atoms with Crippen molar-refractivity contribution in [1.29, 1.82) is 0 Å². The smallest absolute Gasteiger partial charge is 0.238 e. The summed E-state index contributed by atoms with van der Waals surface area (Å²) in [6.45, 7) is 0.392. The summed E-state index contributed by atoms with van der Waals surface area (Å²) < 4.78 is 23.0. The number of aromatic nitrogens is 2. The molecule has 0 unspecified atom stereocenters. The Kier molecular flexibility index (Phi) is 5.92. The van der Waals surface area contributed by atoms with Gasteiger partial charge in [-0.1, -0.05) is 54.6 Å². The molecule has 0 aliphatic heterocycles. The second-order valence-electron chi connectivity index (χ2n) is 6.91. The molecule has 0 fully saturated rings. The lowest BCUT2D eigenvalue weighted by atomic mass is 10.1. The SMILES string of the molecule is NS(=O)(=O)c1cccc(CNc2cc(Nc3cccc(-c4ccccc4)c3)ncn2)c1. The summed E-state index contributed by atoms with van der Waals surface area (Å²) in [5, 5.41) is 11.7. The molecule has 1 aromatic heterocycles. The van der Waals surface area contributed by atoms with Crippen LogP contribution in [0.3, 0.4) is 0 Å². The van der Waals surface area contributed by atoms with E-state index in [-0.39, 0.29) is 4.90 Å². The van der Waals surface area contributed by atoms with Crippen LogP contribution >= 0.6 is 0 Å². The van der Waals surface area contributed by atoms with Crippen LogP contribution in [0.25, 0.3) is 11.1 Å². The maximum absolute atomic E-state index is 11.5. The number of sulfonamides is 1. The Labute approximate surface area is 181 Å². The van der Waals surface area contributed by atoms with Crippen LogP contribution < -0.4 is 15.8 Å². The first-order chi connectivity index (χ1) is 15.0. The number of benzene rings is 3. The van der Waals surface area contributed by atoms with Gasteiger partial charge < -0.3 is 10.6 Å². The minimum atomic E-state index is -3.74. The van der Waals surface area contributed by atoms with Crippen LogP contribution in [-0.2, 0) is 16.6 Å². The van der Waals surface area contributed by atoms with Gasteiger partial charge in [0.25, 0.3) is 0 Å². The number of nitrogens with one attached hydrogen (secondary N) is 2. The van der Waals surface area contributed by atoms with Crippen molar-refractivity contribution in [2.45, 2.75) is 11.4 Å². The number of rotatable bonds is 7. The van der Waals surface area contributed by atoms with Crippen molar-refractivity contribution in [2.24, 2.45) is 5.14 Å². The van der Waals surface area contributed by atoms with Gasteiger partial charge in [-0.25, -0.2) is 23.5 Å². The summed E-state index contributed by atoms with van der Waals surface area (Å²) in [6.07, 6.45) is 1.46. The Bertz CT molecular complexity index is 1290. The first-order valence-electron chi connectivity index (χ1n) is 9.57. The summed E-state index contributed by atoms with van der Waals surface area (Å²) in [4.78, 5) is 8.59. The number of primary sulfonamides is 1. The van der Waals surface area contributed by atoms with Gasteiger partial charge in [-0.05, 0) is 41.0 Å². The number of anilines is 3. The lowest BCUT2D eigenvalue weighted by Crippen LogP contribution is -2.12. The molecule has 0 bridgehead atoms. The van der Waals surface area contributed by atoms with Crippen molar-refractivity contribution in [2.75, 3.05) is 10.6 Å². The zero-order valence-corrected chi connectivity index (χ0v) is 17.4. The highest BCUT2D eigenvalue weighted by atomic mass is 32.2. The molecule has 4 rings (SSSR count).